The van der Waals surface area contributed by atoms with Gasteiger partial charge in [0.15, 0.2) is 5.78 Å². The first kappa shape index (κ1) is 19.1. The highest BCUT2D eigenvalue weighted by atomic mass is 35.5. The van der Waals surface area contributed by atoms with Crippen LogP contribution in [0.25, 0.3) is 0 Å². The molecule has 0 aromatic heterocycles. The van der Waals surface area contributed by atoms with Crippen LogP contribution in [0.4, 0.5) is 0 Å². The number of carbonyl (C=O) groups excluding carboxylic acids is 2. The van der Waals surface area contributed by atoms with Crippen LogP contribution in [0, 0.1) is 5.92 Å². The van der Waals surface area contributed by atoms with E-state index in [9.17, 15) is 14.4 Å². The van der Waals surface area contributed by atoms with Crippen molar-refractivity contribution in [3.05, 3.63) is 70.2 Å². The number of hydrogen-bond donors (Lipinski definition) is 1. The third kappa shape index (κ3) is 4.74. The lowest BCUT2D eigenvalue weighted by molar-refractivity contribution is -0.131. The number of carbonyl (C=O) groups is 3. The maximum Gasteiger partial charge on any atom is 0.335 e. The largest absolute Gasteiger partial charge is 0.478 e. The van der Waals surface area contributed by atoms with Crippen LogP contribution in [0.2, 0.25) is 5.02 Å². The first-order valence-electron chi connectivity index (χ1n) is 8.84. The van der Waals surface area contributed by atoms with Gasteiger partial charge in [-0.05, 0) is 54.8 Å². The van der Waals surface area contributed by atoms with Crippen molar-refractivity contribution in [2.75, 3.05) is 13.1 Å². The smallest absolute Gasteiger partial charge is 0.335 e. The van der Waals surface area contributed by atoms with Gasteiger partial charge in [0, 0.05) is 29.6 Å². The highest BCUT2D eigenvalue weighted by molar-refractivity contribution is 6.30. The minimum atomic E-state index is -0.986. The van der Waals surface area contributed by atoms with Crippen LogP contribution in [0.1, 0.15) is 39.1 Å². The average molecular weight is 386 g/mol. The summed E-state index contributed by atoms with van der Waals surface area (Å²) in [5, 5.41) is 9.52. The second-order valence-electron chi connectivity index (χ2n) is 6.71. The van der Waals surface area contributed by atoms with Gasteiger partial charge in [0.25, 0.3) is 0 Å². The molecule has 0 saturated carbocycles. The number of halogens is 1. The van der Waals surface area contributed by atoms with Crippen molar-refractivity contribution in [3.8, 4) is 0 Å². The number of hydrogen-bond acceptors (Lipinski definition) is 3. The molecule has 5 nitrogen and oxygen atoms in total. The normalized spacial score (nSPS) is 14.8. The second kappa shape index (κ2) is 8.35. The van der Waals surface area contributed by atoms with Gasteiger partial charge in [0.05, 0.1) is 12.0 Å². The van der Waals surface area contributed by atoms with Gasteiger partial charge in [0.2, 0.25) is 5.91 Å². The predicted molar refractivity (Wildman–Crippen MR) is 102 cm³/mol. The lowest BCUT2D eigenvalue weighted by Crippen LogP contribution is -2.41. The fourth-order valence-electron chi connectivity index (χ4n) is 3.29. The Hall–Kier alpha value is -2.66. The molecule has 0 atom stereocenters. The number of carboxylic acids is 1. The van der Waals surface area contributed by atoms with Crippen molar-refractivity contribution < 1.29 is 19.5 Å². The van der Waals surface area contributed by atoms with E-state index < -0.39 is 5.97 Å². The molecular weight excluding hydrogens is 366 g/mol. The number of ketones is 1. The highest BCUT2D eigenvalue weighted by Crippen LogP contribution is 2.23. The molecule has 1 aliphatic rings. The summed E-state index contributed by atoms with van der Waals surface area (Å²) in [6.45, 7) is 1.10. The summed E-state index contributed by atoms with van der Waals surface area (Å²) in [5.74, 6) is -0.969. The Morgan fingerprint density at radius 1 is 0.926 bits per heavy atom. The molecule has 6 heteroatoms. The van der Waals surface area contributed by atoms with Gasteiger partial charge < -0.3 is 10.0 Å². The number of benzene rings is 2. The SMILES string of the molecule is O=C(O)c1ccc(CC(=O)N2CCC(C(=O)c3ccc(Cl)cc3)CC2)cc1. The van der Waals surface area contributed by atoms with Crippen LogP contribution < -0.4 is 0 Å². The fourth-order valence-corrected chi connectivity index (χ4v) is 3.42. The molecular formula is C21H20ClNO4. The van der Waals surface area contributed by atoms with Crippen molar-refractivity contribution in [3.63, 3.8) is 0 Å². The average Bonchev–Trinajstić information content (AvgIpc) is 2.68. The van der Waals surface area contributed by atoms with Gasteiger partial charge in [-0.25, -0.2) is 4.79 Å². The quantitative estimate of drug-likeness (QED) is 0.796. The van der Waals surface area contributed by atoms with Crippen molar-refractivity contribution in [1.29, 1.82) is 0 Å². The molecule has 1 fully saturated rings. The van der Waals surface area contributed by atoms with Gasteiger partial charge >= 0.3 is 5.97 Å². The van der Waals surface area contributed by atoms with Crippen molar-refractivity contribution in [1.82, 2.24) is 4.90 Å². The Morgan fingerprint density at radius 2 is 1.48 bits per heavy atom. The van der Waals surface area contributed by atoms with Crippen LogP contribution >= 0.6 is 11.6 Å². The zero-order valence-corrected chi connectivity index (χ0v) is 15.5. The van der Waals surface area contributed by atoms with E-state index in [0.717, 1.165) is 5.56 Å². The Balaban J connectivity index is 1.53. The summed E-state index contributed by atoms with van der Waals surface area (Å²) in [6, 6.07) is 13.2. The monoisotopic (exact) mass is 385 g/mol. The van der Waals surface area contributed by atoms with Crippen LogP contribution in [-0.2, 0) is 11.2 Å². The van der Waals surface area contributed by atoms with Crippen LogP contribution in [-0.4, -0.2) is 40.8 Å². The molecule has 140 valence electrons. The van der Waals surface area contributed by atoms with Crippen LogP contribution in [0.15, 0.2) is 48.5 Å². The van der Waals surface area contributed by atoms with Gasteiger partial charge in [-0.1, -0.05) is 23.7 Å². The predicted octanol–water partition coefficient (Wildman–Crippen LogP) is 3.70. The van der Waals surface area contributed by atoms with E-state index in [1.54, 1.807) is 41.3 Å². The molecule has 1 heterocycles. The molecule has 0 radical (unpaired) electrons. The number of carboxylic acid groups (broad SMARTS) is 1. The van der Waals surface area contributed by atoms with Crippen molar-refractivity contribution in [2.24, 2.45) is 5.92 Å². The van der Waals surface area contributed by atoms with E-state index in [4.69, 9.17) is 16.7 Å². The standard InChI is InChI=1S/C21H20ClNO4/c22-18-7-5-15(6-8-18)20(25)16-9-11-23(12-10-16)19(24)13-14-1-3-17(4-2-14)21(26)27/h1-8,16H,9-13H2,(H,26,27). The van der Waals surface area contributed by atoms with E-state index in [-0.39, 0.29) is 29.6 Å². The lowest BCUT2D eigenvalue weighted by Gasteiger charge is -2.31. The highest BCUT2D eigenvalue weighted by Gasteiger charge is 2.27. The molecule has 1 amide bonds. The topological polar surface area (TPSA) is 74.7 Å². The van der Waals surface area contributed by atoms with E-state index in [1.165, 1.54) is 12.1 Å². The maximum absolute atomic E-state index is 12.6. The molecule has 0 bridgehead atoms. The van der Waals surface area contributed by atoms with Gasteiger partial charge in [-0.3, -0.25) is 9.59 Å². The Labute approximate surface area is 162 Å². The van der Waals surface area contributed by atoms with Crippen molar-refractivity contribution in [2.45, 2.75) is 19.3 Å². The molecule has 1 saturated heterocycles. The summed E-state index contributed by atoms with van der Waals surface area (Å²) in [6.07, 6.45) is 1.52. The van der Waals surface area contributed by atoms with E-state index in [2.05, 4.69) is 0 Å². The molecule has 0 unspecified atom stereocenters. The molecule has 1 aliphatic heterocycles. The molecule has 2 aromatic rings. The first-order chi connectivity index (χ1) is 12.9. The minimum absolute atomic E-state index is 0.00420. The third-order valence-corrected chi connectivity index (χ3v) is 5.16. The summed E-state index contributed by atoms with van der Waals surface area (Å²) < 4.78 is 0. The fraction of sp³-hybridized carbons (Fsp3) is 0.286. The van der Waals surface area contributed by atoms with Crippen molar-refractivity contribution >= 4 is 29.3 Å². The van der Waals surface area contributed by atoms with E-state index in [0.29, 0.717) is 36.5 Å². The Kier molecular flexibility index (Phi) is 5.91. The molecule has 1 N–H and O–H groups in total. The number of amides is 1. The first-order valence-corrected chi connectivity index (χ1v) is 9.21. The summed E-state index contributed by atoms with van der Waals surface area (Å²) >= 11 is 5.86. The van der Waals surface area contributed by atoms with Gasteiger partial charge in [-0.2, -0.15) is 0 Å². The number of rotatable bonds is 5. The maximum atomic E-state index is 12.6. The molecule has 2 aromatic carbocycles. The molecule has 3 rings (SSSR count). The summed E-state index contributed by atoms with van der Waals surface area (Å²) in [7, 11) is 0. The van der Waals surface area contributed by atoms with E-state index >= 15 is 0 Å². The Bertz CT molecular complexity index is 837. The summed E-state index contributed by atoms with van der Waals surface area (Å²) in [4.78, 5) is 37.7. The third-order valence-electron chi connectivity index (χ3n) is 4.90. The zero-order valence-electron chi connectivity index (χ0n) is 14.7. The molecule has 0 spiro atoms. The Morgan fingerprint density at radius 3 is 2.04 bits per heavy atom. The van der Waals surface area contributed by atoms with Gasteiger partial charge in [0.1, 0.15) is 0 Å². The van der Waals surface area contributed by atoms with E-state index in [1.807, 2.05) is 0 Å². The minimum Gasteiger partial charge on any atom is -0.478 e. The number of Topliss-reactive ketones (excluding diaryl/α,β-unsaturated/α-hetero) is 1. The number of likely N-dealkylation sites (tertiary alicyclic amines) is 1. The molecule has 0 aliphatic carbocycles. The number of piperidine rings is 1. The lowest BCUT2D eigenvalue weighted by atomic mass is 9.88. The zero-order chi connectivity index (χ0) is 19.4. The second-order valence-corrected chi connectivity index (χ2v) is 7.14. The molecule has 27 heavy (non-hydrogen) atoms. The number of nitrogens with zero attached hydrogens (tertiary/aromatic N) is 1. The summed E-state index contributed by atoms with van der Waals surface area (Å²) in [5.41, 5.74) is 1.64. The van der Waals surface area contributed by atoms with Crippen LogP contribution in [0.5, 0.6) is 0 Å². The van der Waals surface area contributed by atoms with Crippen LogP contribution in [0.3, 0.4) is 0 Å². The van der Waals surface area contributed by atoms with Gasteiger partial charge in [-0.15, -0.1) is 0 Å². The number of aromatic carboxylic acids is 1.